The summed E-state index contributed by atoms with van der Waals surface area (Å²) in [6.45, 7) is 0. The van der Waals surface area contributed by atoms with Crippen molar-refractivity contribution >= 4 is 11.5 Å². The quantitative estimate of drug-likeness (QED) is 0.604. The van der Waals surface area contributed by atoms with Crippen molar-refractivity contribution in [2.45, 2.75) is 0 Å². The van der Waals surface area contributed by atoms with Crippen LogP contribution in [0.3, 0.4) is 0 Å². The van der Waals surface area contributed by atoms with E-state index in [2.05, 4.69) is 14.3 Å². The molecule has 0 aliphatic carbocycles. The molecule has 2 heterocycles. The molecule has 0 amide bonds. The first-order valence-electron chi connectivity index (χ1n) is 2.71. The predicted molar refractivity (Wildman–Crippen MR) is 37.0 cm³/mol. The maximum absolute atomic E-state index is 4.01. The van der Waals surface area contributed by atoms with E-state index < -0.39 is 0 Å². The highest BCUT2D eigenvalue weighted by molar-refractivity contribution is 7.03. The van der Waals surface area contributed by atoms with Crippen molar-refractivity contribution in [3.63, 3.8) is 0 Å². The van der Waals surface area contributed by atoms with Gasteiger partial charge in [0, 0.05) is 12.4 Å². The molecular formula is C5H4N4S. The summed E-state index contributed by atoms with van der Waals surface area (Å²) in [6.07, 6.45) is 5.17. The lowest BCUT2D eigenvalue weighted by Crippen LogP contribution is -1.90. The second kappa shape index (κ2) is 2.18. The maximum Gasteiger partial charge on any atom is 0.246 e. The first kappa shape index (κ1) is 5.55. The van der Waals surface area contributed by atoms with Crippen LogP contribution < -0.4 is 0 Å². The summed E-state index contributed by atoms with van der Waals surface area (Å²) in [5, 5.41) is 0. The highest BCUT2D eigenvalue weighted by Crippen LogP contribution is 1.99. The van der Waals surface area contributed by atoms with Crippen LogP contribution in [0.1, 0.15) is 0 Å². The number of nitrogens with zero attached hydrogens (tertiary/aromatic N) is 4. The minimum Gasteiger partial charge on any atom is -0.274 e. The molecule has 0 saturated heterocycles. The minimum atomic E-state index is 0.683. The Morgan fingerprint density at radius 1 is 1.50 bits per heavy atom. The topological polar surface area (TPSA) is 43.6 Å². The van der Waals surface area contributed by atoms with Crippen molar-refractivity contribution in [1.82, 2.24) is 18.9 Å². The lowest BCUT2D eigenvalue weighted by Gasteiger charge is -1.88. The molecule has 2 rings (SSSR count). The Hall–Kier alpha value is -1.23. The summed E-state index contributed by atoms with van der Waals surface area (Å²) >= 11 is 1.33. The zero-order valence-corrected chi connectivity index (χ0v) is 5.82. The van der Waals surface area contributed by atoms with Gasteiger partial charge in [-0.05, 0) is 11.5 Å². The van der Waals surface area contributed by atoms with Crippen LogP contribution in [0.2, 0.25) is 0 Å². The molecule has 4 nitrogen and oxygen atoms in total. The third-order valence-corrected chi connectivity index (χ3v) is 1.55. The number of aromatic nitrogens is 4. The van der Waals surface area contributed by atoms with Crippen LogP contribution in [0.25, 0.3) is 5.95 Å². The molecule has 2 aromatic rings. The zero-order chi connectivity index (χ0) is 6.81. The highest BCUT2D eigenvalue weighted by atomic mass is 32.1. The monoisotopic (exact) mass is 152 g/mol. The van der Waals surface area contributed by atoms with Gasteiger partial charge in [-0.2, -0.15) is 4.37 Å². The number of hydrogen-bond donors (Lipinski definition) is 0. The Labute approximate surface area is 61.3 Å². The molecule has 5 heteroatoms. The van der Waals surface area contributed by atoms with Gasteiger partial charge >= 0.3 is 0 Å². The van der Waals surface area contributed by atoms with Gasteiger partial charge in [-0.15, -0.1) is 0 Å². The first-order valence-corrected chi connectivity index (χ1v) is 3.55. The van der Waals surface area contributed by atoms with Crippen LogP contribution in [-0.2, 0) is 0 Å². The molecule has 0 aliphatic heterocycles. The molecule has 0 spiro atoms. The van der Waals surface area contributed by atoms with Crippen LogP contribution in [0.4, 0.5) is 0 Å². The number of imidazole rings is 1. The van der Waals surface area contributed by atoms with E-state index in [1.165, 1.54) is 11.5 Å². The largest absolute Gasteiger partial charge is 0.274 e. The van der Waals surface area contributed by atoms with E-state index in [0.717, 1.165) is 0 Å². The van der Waals surface area contributed by atoms with E-state index in [0.29, 0.717) is 5.95 Å². The second-order valence-electron chi connectivity index (χ2n) is 1.70. The van der Waals surface area contributed by atoms with Gasteiger partial charge in [0.25, 0.3) is 0 Å². The summed E-state index contributed by atoms with van der Waals surface area (Å²) in [6, 6.07) is 0. The van der Waals surface area contributed by atoms with Gasteiger partial charge in [-0.3, -0.25) is 4.57 Å². The third-order valence-electron chi connectivity index (χ3n) is 1.09. The molecule has 0 unspecified atom stereocenters. The van der Waals surface area contributed by atoms with Gasteiger partial charge in [-0.1, -0.05) is 0 Å². The molecule has 50 valence electrons. The van der Waals surface area contributed by atoms with E-state index in [1.54, 1.807) is 22.6 Å². The Bertz CT molecular complexity index is 253. The molecule has 2 aromatic heterocycles. The van der Waals surface area contributed by atoms with Crippen LogP contribution in [0.15, 0.2) is 24.2 Å². The molecule has 0 saturated carbocycles. The molecule has 0 N–H and O–H groups in total. The molecule has 10 heavy (non-hydrogen) atoms. The van der Waals surface area contributed by atoms with E-state index in [4.69, 9.17) is 0 Å². The lowest BCUT2D eigenvalue weighted by molar-refractivity contribution is 0.967. The molecule has 0 aromatic carbocycles. The smallest absolute Gasteiger partial charge is 0.246 e. The lowest BCUT2D eigenvalue weighted by atomic mass is 10.8. The van der Waals surface area contributed by atoms with Gasteiger partial charge in [0.15, 0.2) is 0 Å². The SMILES string of the molecule is c1cn(-c2ncsn2)cn1. The molecule has 0 aliphatic rings. The van der Waals surface area contributed by atoms with Gasteiger partial charge in [-0.25, -0.2) is 9.97 Å². The summed E-state index contributed by atoms with van der Waals surface area (Å²) in [5.74, 6) is 0.683. The van der Waals surface area contributed by atoms with Crippen LogP contribution in [-0.4, -0.2) is 18.9 Å². The molecular weight excluding hydrogens is 148 g/mol. The van der Waals surface area contributed by atoms with Gasteiger partial charge < -0.3 is 0 Å². The van der Waals surface area contributed by atoms with Crippen molar-refractivity contribution in [2.75, 3.05) is 0 Å². The number of rotatable bonds is 1. The van der Waals surface area contributed by atoms with Crippen molar-refractivity contribution < 1.29 is 0 Å². The third kappa shape index (κ3) is 0.801. The minimum absolute atomic E-state index is 0.683. The average Bonchev–Trinajstić information content (AvgIpc) is 2.59. The van der Waals surface area contributed by atoms with Crippen molar-refractivity contribution in [3.05, 3.63) is 24.2 Å². The van der Waals surface area contributed by atoms with Gasteiger partial charge in [0.05, 0.1) is 0 Å². The van der Waals surface area contributed by atoms with Crippen LogP contribution >= 0.6 is 11.5 Å². The fourth-order valence-electron chi connectivity index (χ4n) is 0.656. The Kier molecular flexibility index (Phi) is 1.21. The summed E-state index contributed by atoms with van der Waals surface area (Å²) < 4.78 is 5.77. The Morgan fingerprint density at radius 2 is 2.50 bits per heavy atom. The summed E-state index contributed by atoms with van der Waals surface area (Å²) in [4.78, 5) is 7.85. The maximum atomic E-state index is 4.01. The Morgan fingerprint density at radius 3 is 3.10 bits per heavy atom. The average molecular weight is 152 g/mol. The zero-order valence-electron chi connectivity index (χ0n) is 5.01. The van der Waals surface area contributed by atoms with Crippen molar-refractivity contribution in [2.24, 2.45) is 0 Å². The molecule has 0 radical (unpaired) electrons. The van der Waals surface area contributed by atoms with Crippen LogP contribution in [0.5, 0.6) is 0 Å². The highest BCUT2D eigenvalue weighted by Gasteiger charge is 1.95. The predicted octanol–water partition coefficient (Wildman–Crippen LogP) is 0.724. The first-order chi connectivity index (χ1) is 4.97. The van der Waals surface area contributed by atoms with Crippen molar-refractivity contribution in [3.8, 4) is 5.95 Å². The van der Waals surface area contributed by atoms with Gasteiger partial charge in [0.2, 0.25) is 5.95 Å². The standard InChI is InChI=1S/C5H4N4S/c1-2-9(3-6-1)5-7-4-10-8-5/h1-4H. The fraction of sp³-hybridized carbons (Fsp3) is 0. The summed E-state index contributed by atoms with van der Waals surface area (Å²) in [5.41, 5.74) is 1.69. The molecule has 0 atom stereocenters. The van der Waals surface area contributed by atoms with Crippen LogP contribution in [0, 0.1) is 0 Å². The van der Waals surface area contributed by atoms with Gasteiger partial charge in [0.1, 0.15) is 11.8 Å². The second-order valence-corrected chi connectivity index (χ2v) is 2.31. The number of hydrogen-bond acceptors (Lipinski definition) is 4. The fourth-order valence-corrected chi connectivity index (χ4v) is 1.08. The van der Waals surface area contributed by atoms with E-state index in [-0.39, 0.29) is 0 Å². The normalized spacial score (nSPS) is 10.0. The molecule has 0 fully saturated rings. The Balaban J connectivity index is 2.48. The van der Waals surface area contributed by atoms with E-state index >= 15 is 0 Å². The summed E-state index contributed by atoms with van der Waals surface area (Å²) in [7, 11) is 0. The molecule has 0 bridgehead atoms. The van der Waals surface area contributed by atoms with Crippen molar-refractivity contribution in [1.29, 1.82) is 0 Å². The van der Waals surface area contributed by atoms with E-state index in [1.807, 2.05) is 6.20 Å². The van der Waals surface area contributed by atoms with E-state index in [9.17, 15) is 0 Å².